The normalized spacial score (nSPS) is 16.2. The van der Waals surface area contributed by atoms with Gasteiger partial charge in [-0.25, -0.2) is 13.8 Å². The number of amides is 1. The number of nitrogens with zero attached hydrogens (tertiary/aromatic N) is 2. The van der Waals surface area contributed by atoms with Gasteiger partial charge in [0, 0.05) is 6.07 Å². The largest absolute Gasteiger partial charge is 0.481 e. The molecule has 0 radical (unpaired) electrons. The Kier molecular flexibility index (Phi) is 4.64. The number of fused-ring (bicyclic) bond motifs is 2. The van der Waals surface area contributed by atoms with E-state index < -0.39 is 36.0 Å². The first-order valence-electron chi connectivity index (χ1n) is 8.07. The fourth-order valence-corrected chi connectivity index (χ4v) is 4.21. The second kappa shape index (κ2) is 6.99. The predicted octanol–water partition coefficient (Wildman–Crippen LogP) is 4.00. The topological polar surface area (TPSA) is 79.7 Å². The van der Waals surface area contributed by atoms with Crippen molar-refractivity contribution < 1.29 is 28.2 Å². The highest BCUT2D eigenvalue weighted by Crippen LogP contribution is 2.38. The molecule has 1 atom stereocenters. The van der Waals surface area contributed by atoms with Gasteiger partial charge in [0.1, 0.15) is 22.1 Å². The lowest BCUT2D eigenvalue weighted by molar-refractivity contribution is -0.142. The van der Waals surface area contributed by atoms with Crippen LogP contribution in [0.3, 0.4) is 0 Å². The molecule has 6 nitrogen and oxygen atoms in total. The number of thiazole rings is 1. The second-order valence-electron chi connectivity index (χ2n) is 6.04. The van der Waals surface area contributed by atoms with Crippen molar-refractivity contribution in [1.29, 1.82) is 0 Å². The number of aromatic nitrogens is 1. The average molecular weight is 425 g/mol. The molecule has 28 heavy (non-hydrogen) atoms. The van der Waals surface area contributed by atoms with Crippen LogP contribution in [0.15, 0.2) is 30.3 Å². The minimum absolute atomic E-state index is 0.0634. The fourth-order valence-electron chi connectivity index (χ4n) is 2.96. The van der Waals surface area contributed by atoms with Gasteiger partial charge < -0.3 is 9.84 Å². The minimum Gasteiger partial charge on any atom is -0.481 e. The number of hydrogen-bond acceptors (Lipinski definition) is 5. The molecule has 144 valence electrons. The molecule has 1 aliphatic rings. The van der Waals surface area contributed by atoms with Crippen molar-refractivity contribution in [3.05, 3.63) is 52.0 Å². The number of carbonyl (C=O) groups is 2. The van der Waals surface area contributed by atoms with Crippen LogP contribution in [0.2, 0.25) is 5.02 Å². The summed E-state index contributed by atoms with van der Waals surface area (Å²) in [5.74, 6) is -3.13. The van der Waals surface area contributed by atoms with Crippen molar-refractivity contribution in [2.75, 3.05) is 4.90 Å². The van der Waals surface area contributed by atoms with Crippen LogP contribution in [0.5, 0.6) is 5.75 Å². The van der Waals surface area contributed by atoms with Gasteiger partial charge in [0.05, 0.1) is 28.4 Å². The van der Waals surface area contributed by atoms with Crippen LogP contribution >= 0.6 is 22.9 Å². The SMILES string of the molecule is O=C(O)CC1Oc2ccccc2N(Cc2nc3c(F)cc(F)c(Cl)c3s2)C1=O. The molecule has 0 fully saturated rings. The summed E-state index contributed by atoms with van der Waals surface area (Å²) in [4.78, 5) is 29.3. The van der Waals surface area contributed by atoms with Gasteiger partial charge in [-0.3, -0.25) is 14.5 Å². The highest BCUT2D eigenvalue weighted by molar-refractivity contribution is 7.19. The lowest BCUT2D eigenvalue weighted by Crippen LogP contribution is -2.46. The van der Waals surface area contributed by atoms with E-state index in [9.17, 15) is 18.4 Å². The minimum atomic E-state index is -1.19. The molecule has 10 heteroatoms. The van der Waals surface area contributed by atoms with Crippen molar-refractivity contribution in [2.24, 2.45) is 0 Å². The third-order valence-electron chi connectivity index (χ3n) is 4.18. The van der Waals surface area contributed by atoms with Crippen LogP contribution in [0.25, 0.3) is 10.2 Å². The van der Waals surface area contributed by atoms with Gasteiger partial charge in [0.25, 0.3) is 5.91 Å². The summed E-state index contributed by atoms with van der Waals surface area (Å²) in [5, 5.41) is 9.12. The number of carbonyl (C=O) groups excluding carboxylic acids is 1. The highest BCUT2D eigenvalue weighted by atomic mass is 35.5. The molecular formula is C18H11ClF2N2O4S. The molecule has 1 N–H and O–H groups in total. The number of halogens is 3. The predicted molar refractivity (Wildman–Crippen MR) is 98.8 cm³/mol. The molecule has 1 aromatic heterocycles. The Balaban J connectivity index is 1.74. The molecule has 0 aliphatic carbocycles. The Bertz CT molecular complexity index is 1120. The standard InChI is InChI=1S/C18H11ClF2N2O4S/c19-15-8(20)5-9(21)16-17(15)28-13(22-16)7-23-10-3-1-2-4-11(10)27-12(18(23)26)6-14(24)25/h1-5,12H,6-7H2,(H,24,25). The van der Waals surface area contributed by atoms with Gasteiger partial charge >= 0.3 is 5.97 Å². The van der Waals surface area contributed by atoms with Gasteiger partial charge in [0.2, 0.25) is 0 Å². The number of benzene rings is 2. The lowest BCUT2D eigenvalue weighted by atomic mass is 10.1. The third kappa shape index (κ3) is 3.16. The molecule has 4 rings (SSSR count). The van der Waals surface area contributed by atoms with Crippen molar-refractivity contribution in [3.63, 3.8) is 0 Å². The average Bonchev–Trinajstić information content (AvgIpc) is 3.07. The Morgan fingerprint density at radius 3 is 2.82 bits per heavy atom. The number of aliphatic carboxylic acids is 1. The van der Waals surface area contributed by atoms with E-state index in [0.29, 0.717) is 22.5 Å². The lowest BCUT2D eigenvalue weighted by Gasteiger charge is -2.33. The van der Waals surface area contributed by atoms with Gasteiger partial charge in [-0.1, -0.05) is 23.7 Å². The van der Waals surface area contributed by atoms with Crippen molar-refractivity contribution in [1.82, 2.24) is 4.98 Å². The van der Waals surface area contributed by atoms with Crippen molar-refractivity contribution in [3.8, 4) is 5.75 Å². The van der Waals surface area contributed by atoms with Gasteiger partial charge in [-0.2, -0.15) is 0 Å². The molecule has 0 spiro atoms. The number of para-hydroxylation sites is 2. The van der Waals surface area contributed by atoms with Crippen molar-refractivity contribution >= 4 is 50.7 Å². The molecule has 1 aliphatic heterocycles. The molecule has 0 saturated carbocycles. The Hall–Kier alpha value is -2.78. The summed E-state index contributed by atoms with van der Waals surface area (Å²) in [5.41, 5.74) is 0.355. The van der Waals surface area contributed by atoms with Crippen LogP contribution in [-0.4, -0.2) is 28.1 Å². The molecule has 2 heterocycles. The van der Waals surface area contributed by atoms with E-state index in [-0.39, 0.29) is 21.8 Å². The van der Waals surface area contributed by atoms with Crippen LogP contribution in [0.1, 0.15) is 11.4 Å². The monoisotopic (exact) mass is 424 g/mol. The summed E-state index contributed by atoms with van der Waals surface area (Å²) < 4.78 is 33.4. The zero-order valence-electron chi connectivity index (χ0n) is 14.0. The van der Waals surface area contributed by atoms with Crippen LogP contribution in [-0.2, 0) is 16.1 Å². The maximum Gasteiger partial charge on any atom is 0.307 e. The molecule has 0 bridgehead atoms. The maximum absolute atomic E-state index is 14.0. The van der Waals surface area contributed by atoms with Gasteiger partial charge in [-0.15, -0.1) is 11.3 Å². The number of carboxylic acid groups (broad SMARTS) is 1. The van der Waals surface area contributed by atoms with Crippen LogP contribution < -0.4 is 9.64 Å². The van der Waals surface area contributed by atoms with E-state index in [0.717, 1.165) is 11.3 Å². The summed E-state index contributed by atoms with van der Waals surface area (Å²) in [6.45, 7) is -0.0634. The molecular weight excluding hydrogens is 414 g/mol. The number of hydrogen-bond donors (Lipinski definition) is 1. The first-order valence-corrected chi connectivity index (χ1v) is 9.26. The maximum atomic E-state index is 14.0. The van der Waals surface area contributed by atoms with E-state index in [1.54, 1.807) is 24.3 Å². The first kappa shape index (κ1) is 18.6. The highest BCUT2D eigenvalue weighted by Gasteiger charge is 2.36. The fraction of sp³-hybridized carbons (Fsp3) is 0.167. The van der Waals surface area contributed by atoms with E-state index in [1.807, 2.05) is 0 Å². The molecule has 0 saturated heterocycles. The van der Waals surface area contributed by atoms with Crippen LogP contribution in [0.4, 0.5) is 14.5 Å². The van der Waals surface area contributed by atoms with E-state index >= 15 is 0 Å². The first-order chi connectivity index (χ1) is 13.3. The Morgan fingerprint density at radius 2 is 2.07 bits per heavy atom. The molecule has 1 unspecified atom stereocenters. The van der Waals surface area contributed by atoms with Gasteiger partial charge in [-0.05, 0) is 12.1 Å². The molecule has 3 aromatic rings. The third-order valence-corrected chi connectivity index (χ3v) is 5.72. The van der Waals surface area contributed by atoms with Gasteiger partial charge in [0.15, 0.2) is 11.9 Å². The van der Waals surface area contributed by atoms with Crippen LogP contribution in [0, 0.1) is 11.6 Å². The summed E-state index contributed by atoms with van der Waals surface area (Å²) in [6, 6.07) is 7.31. The number of rotatable bonds is 4. The zero-order chi connectivity index (χ0) is 20.0. The zero-order valence-corrected chi connectivity index (χ0v) is 15.6. The van der Waals surface area contributed by atoms with E-state index in [4.69, 9.17) is 21.4 Å². The summed E-state index contributed by atoms with van der Waals surface area (Å²) in [6.07, 6.45) is -1.70. The molecule has 1 amide bonds. The smallest absolute Gasteiger partial charge is 0.307 e. The number of carboxylic acids is 1. The number of anilines is 1. The number of ether oxygens (including phenoxy) is 1. The quantitative estimate of drug-likeness (QED) is 0.640. The van der Waals surface area contributed by atoms with E-state index in [1.165, 1.54) is 4.90 Å². The summed E-state index contributed by atoms with van der Waals surface area (Å²) in [7, 11) is 0. The Labute approximate surface area is 165 Å². The van der Waals surface area contributed by atoms with E-state index in [2.05, 4.69) is 4.98 Å². The van der Waals surface area contributed by atoms with Crippen molar-refractivity contribution in [2.45, 2.75) is 19.1 Å². The Morgan fingerprint density at radius 1 is 1.32 bits per heavy atom. The second-order valence-corrected chi connectivity index (χ2v) is 7.50. The molecule has 2 aromatic carbocycles. The summed E-state index contributed by atoms with van der Waals surface area (Å²) >= 11 is 6.87.